The molecule has 0 bridgehead atoms. The Balaban J connectivity index is 1.86. The van der Waals surface area contributed by atoms with Gasteiger partial charge in [-0.1, -0.05) is 12.1 Å². The SMILES string of the molecule is CCNC(=O)NC1(CCOC)CCN(C(=O)CCc2ccc(OC)cc2)CC1. The van der Waals surface area contributed by atoms with Crippen molar-refractivity contribution in [1.29, 1.82) is 0 Å². The van der Waals surface area contributed by atoms with Gasteiger partial charge < -0.3 is 25.0 Å². The zero-order chi connectivity index (χ0) is 20.4. The molecular weight excluding hydrogens is 358 g/mol. The molecule has 1 aliphatic heterocycles. The Morgan fingerprint density at radius 1 is 1.14 bits per heavy atom. The zero-order valence-electron chi connectivity index (χ0n) is 17.3. The summed E-state index contributed by atoms with van der Waals surface area (Å²) in [6, 6.07) is 7.66. The van der Waals surface area contributed by atoms with Gasteiger partial charge >= 0.3 is 6.03 Å². The highest BCUT2D eigenvalue weighted by Gasteiger charge is 2.36. The second-order valence-electron chi connectivity index (χ2n) is 7.24. The van der Waals surface area contributed by atoms with E-state index in [0.29, 0.717) is 39.1 Å². The molecule has 1 heterocycles. The van der Waals surface area contributed by atoms with Crippen molar-refractivity contribution in [3.05, 3.63) is 29.8 Å². The highest BCUT2D eigenvalue weighted by molar-refractivity contribution is 5.77. The summed E-state index contributed by atoms with van der Waals surface area (Å²) in [5.74, 6) is 0.979. The van der Waals surface area contributed by atoms with Crippen LogP contribution in [0.2, 0.25) is 0 Å². The van der Waals surface area contributed by atoms with E-state index in [0.717, 1.165) is 30.6 Å². The number of rotatable bonds is 9. The standard InChI is InChI=1S/C21H33N3O4/c1-4-22-20(26)23-21(13-16-27-2)11-14-24(15-12-21)19(25)10-7-17-5-8-18(28-3)9-6-17/h5-6,8-9H,4,7,10-16H2,1-3H3,(H2,22,23,26). The van der Waals surface area contributed by atoms with Crippen molar-refractivity contribution in [2.45, 2.75) is 44.6 Å². The molecule has 1 aromatic rings. The molecule has 0 atom stereocenters. The minimum absolute atomic E-state index is 0.155. The highest BCUT2D eigenvalue weighted by Crippen LogP contribution is 2.26. The lowest BCUT2D eigenvalue weighted by molar-refractivity contribution is -0.132. The summed E-state index contributed by atoms with van der Waals surface area (Å²) in [7, 11) is 3.31. The molecule has 1 saturated heterocycles. The van der Waals surface area contributed by atoms with Crippen LogP contribution in [-0.2, 0) is 16.0 Å². The lowest BCUT2D eigenvalue weighted by Crippen LogP contribution is -2.58. The first-order valence-corrected chi connectivity index (χ1v) is 9.97. The molecule has 0 aliphatic carbocycles. The number of likely N-dealkylation sites (tertiary alicyclic amines) is 1. The Kier molecular flexibility index (Phi) is 8.57. The summed E-state index contributed by atoms with van der Waals surface area (Å²) < 4.78 is 10.4. The van der Waals surface area contributed by atoms with Gasteiger partial charge in [-0.25, -0.2) is 4.79 Å². The van der Waals surface area contributed by atoms with Crippen LogP contribution in [-0.4, -0.2) is 62.8 Å². The first-order chi connectivity index (χ1) is 13.5. The third-order valence-corrected chi connectivity index (χ3v) is 5.36. The number of benzene rings is 1. The van der Waals surface area contributed by atoms with E-state index in [9.17, 15) is 9.59 Å². The van der Waals surface area contributed by atoms with Gasteiger partial charge in [-0.05, 0) is 50.3 Å². The van der Waals surface area contributed by atoms with Gasteiger partial charge in [-0.3, -0.25) is 4.79 Å². The molecule has 0 aromatic heterocycles. The zero-order valence-corrected chi connectivity index (χ0v) is 17.3. The van der Waals surface area contributed by atoms with Gasteiger partial charge in [0.25, 0.3) is 0 Å². The number of hydrogen-bond donors (Lipinski definition) is 2. The summed E-state index contributed by atoms with van der Waals surface area (Å²) in [6.07, 6.45) is 3.42. The number of piperidine rings is 1. The van der Waals surface area contributed by atoms with Crippen LogP contribution in [0.1, 0.15) is 38.2 Å². The lowest BCUT2D eigenvalue weighted by atomic mass is 9.84. The van der Waals surface area contributed by atoms with Crippen molar-refractivity contribution in [2.75, 3.05) is 40.5 Å². The van der Waals surface area contributed by atoms with Gasteiger partial charge in [-0.2, -0.15) is 0 Å². The molecule has 0 radical (unpaired) electrons. The summed E-state index contributed by atoms with van der Waals surface area (Å²) >= 11 is 0. The van der Waals surface area contributed by atoms with E-state index in [2.05, 4.69) is 10.6 Å². The Labute approximate surface area is 167 Å². The van der Waals surface area contributed by atoms with Crippen LogP contribution in [0.5, 0.6) is 5.75 Å². The summed E-state index contributed by atoms with van der Waals surface area (Å²) in [5.41, 5.74) is 0.806. The monoisotopic (exact) mass is 391 g/mol. The lowest BCUT2D eigenvalue weighted by Gasteiger charge is -2.42. The fourth-order valence-corrected chi connectivity index (χ4v) is 3.57. The van der Waals surface area contributed by atoms with Crippen molar-refractivity contribution >= 4 is 11.9 Å². The van der Waals surface area contributed by atoms with Gasteiger partial charge in [0.1, 0.15) is 5.75 Å². The van der Waals surface area contributed by atoms with Crippen LogP contribution in [0.15, 0.2) is 24.3 Å². The maximum atomic E-state index is 12.6. The van der Waals surface area contributed by atoms with Crippen LogP contribution in [0.25, 0.3) is 0 Å². The second kappa shape index (κ2) is 10.9. The van der Waals surface area contributed by atoms with Crippen LogP contribution in [0, 0.1) is 0 Å². The van der Waals surface area contributed by atoms with Crippen molar-refractivity contribution < 1.29 is 19.1 Å². The fourth-order valence-electron chi connectivity index (χ4n) is 3.57. The molecule has 1 aliphatic rings. The number of amides is 3. The molecular formula is C21H33N3O4. The molecule has 156 valence electrons. The molecule has 2 N–H and O–H groups in total. The van der Waals surface area contributed by atoms with Crippen LogP contribution in [0.3, 0.4) is 0 Å². The van der Waals surface area contributed by atoms with Crippen LogP contribution >= 0.6 is 0 Å². The Bertz CT molecular complexity index is 625. The van der Waals surface area contributed by atoms with Gasteiger partial charge in [0.2, 0.25) is 5.91 Å². The van der Waals surface area contributed by atoms with E-state index in [1.54, 1.807) is 14.2 Å². The van der Waals surface area contributed by atoms with Crippen molar-refractivity contribution in [3.8, 4) is 5.75 Å². The van der Waals surface area contributed by atoms with Crippen LogP contribution < -0.4 is 15.4 Å². The number of hydrogen-bond acceptors (Lipinski definition) is 4. The number of carbonyl (C=O) groups is 2. The molecule has 0 spiro atoms. The Morgan fingerprint density at radius 3 is 2.39 bits per heavy atom. The maximum absolute atomic E-state index is 12.6. The number of nitrogens with zero attached hydrogens (tertiary/aromatic N) is 1. The summed E-state index contributed by atoms with van der Waals surface area (Å²) in [5, 5.41) is 5.91. The first-order valence-electron chi connectivity index (χ1n) is 9.97. The first kappa shape index (κ1) is 22.0. The molecule has 0 unspecified atom stereocenters. The highest BCUT2D eigenvalue weighted by atomic mass is 16.5. The predicted molar refractivity (Wildman–Crippen MR) is 109 cm³/mol. The van der Waals surface area contributed by atoms with E-state index in [4.69, 9.17) is 9.47 Å². The van der Waals surface area contributed by atoms with E-state index < -0.39 is 0 Å². The van der Waals surface area contributed by atoms with Gasteiger partial charge in [-0.15, -0.1) is 0 Å². The Hall–Kier alpha value is -2.28. The number of aryl methyl sites for hydroxylation is 1. The fraction of sp³-hybridized carbons (Fsp3) is 0.619. The van der Waals surface area contributed by atoms with E-state index in [1.807, 2.05) is 36.1 Å². The normalized spacial score (nSPS) is 15.8. The number of nitrogens with one attached hydrogen (secondary N) is 2. The van der Waals surface area contributed by atoms with E-state index in [1.165, 1.54) is 0 Å². The second-order valence-corrected chi connectivity index (χ2v) is 7.24. The van der Waals surface area contributed by atoms with Crippen molar-refractivity contribution in [2.24, 2.45) is 0 Å². The predicted octanol–water partition coefficient (Wildman–Crippen LogP) is 2.34. The smallest absolute Gasteiger partial charge is 0.315 e. The summed E-state index contributed by atoms with van der Waals surface area (Å²) in [6.45, 7) is 4.36. The van der Waals surface area contributed by atoms with E-state index >= 15 is 0 Å². The van der Waals surface area contributed by atoms with Gasteiger partial charge in [0, 0.05) is 45.3 Å². The average molecular weight is 392 g/mol. The molecule has 0 saturated carbocycles. The minimum atomic E-state index is -0.317. The van der Waals surface area contributed by atoms with Gasteiger partial charge in [0.15, 0.2) is 0 Å². The Morgan fingerprint density at radius 2 is 1.82 bits per heavy atom. The molecule has 1 fully saturated rings. The molecule has 28 heavy (non-hydrogen) atoms. The minimum Gasteiger partial charge on any atom is -0.497 e. The number of urea groups is 1. The number of ether oxygens (including phenoxy) is 2. The molecule has 7 nitrogen and oxygen atoms in total. The third-order valence-electron chi connectivity index (χ3n) is 5.36. The molecule has 7 heteroatoms. The topological polar surface area (TPSA) is 79.9 Å². The van der Waals surface area contributed by atoms with Crippen molar-refractivity contribution in [3.63, 3.8) is 0 Å². The molecule has 2 rings (SSSR count). The van der Waals surface area contributed by atoms with Gasteiger partial charge in [0.05, 0.1) is 7.11 Å². The van der Waals surface area contributed by atoms with E-state index in [-0.39, 0.29) is 17.5 Å². The summed E-state index contributed by atoms with van der Waals surface area (Å²) in [4.78, 5) is 26.6. The largest absolute Gasteiger partial charge is 0.497 e. The quantitative estimate of drug-likeness (QED) is 0.677. The average Bonchev–Trinajstić information content (AvgIpc) is 2.71. The van der Waals surface area contributed by atoms with Crippen LogP contribution in [0.4, 0.5) is 4.79 Å². The molecule has 1 aromatic carbocycles. The molecule has 3 amide bonds. The maximum Gasteiger partial charge on any atom is 0.315 e. The number of methoxy groups -OCH3 is 2. The van der Waals surface area contributed by atoms with Crippen molar-refractivity contribution in [1.82, 2.24) is 15.5 Å². The third kappa shape index (κ3) is 6.41. The number of carbonyl (C=O) groups excluding carboxylic acids is 2.